The van der Waals surface area contributed by atoms with Crippen molar-refractivity contribution in [3.63, 3.8) is 0 Å². The summed E-state index contributed by atoms with van der Waals surface area (Å²) in [6.07, 6.45) is -10.2. The average Bonchev–Trinajstić information content (AvgIpc) is 2.47. The number of anilines is 1. The number of alkyl halides is 6. The van der Waals surface area contributed by atoms with Gasteiger partial charge in [-0.2, -0.15) is 35.7 Å². The smallest absolute Gasteiger partial charge is 0.357 e. The minimum Gasteiger partial charge on any atom is -0.357 e. The first-order chi connectivity index (χ1) is 7.58. The van der Waals surface area contributed by atoms with Crippen LogP contribution in [0, 0.1) is 0 Å². The molecular formula is C7H7F6N3S. The molecule has 98 valence electrons. The summed E-state index contributed by atoms with van der Waals surface area (Å²) in [5, 5.41) is 1.93. The van der Waals surface area contributed by atoms with E-state index in [-0.39, 0.29) is 5.13 Å². The molecule has 10 heteroatoms. The Kier molecular flexibility index (Phi) is 3.84. The van der Waals surface area contributed by atoms with Gasteiger partial charge >= 0.3 is 12.4 Å². The van der Waals surface area contributed by atoms with E-state index in [9.17, 15) is 26.3 Å². The molecule has 0 spiro atoms. The largest absolute Gasteiger partial charge is 0.452 e. The van der Waals surface area contributed by atoms with Crippen LogP contribution < -0.4 is 5.32 Å². The lowest BCUT2D eigenvalue weighted by molar-refractivity contribution is -0.144. The molecule has 1 atom stereocenters. The summed E-state index contributed by atoms with van der Waals surface area (Å²) in [6, 6.07) is -1.07. The van der Waals surface area contributed by atoms with Crippen LogP contribution in [-0.4, -0.2) is 21.6 Å². The molecule has 0 aromatic carbocycles. The van der Waals surface area contributed by atoms with Crippen LogP contribution in [0.3, 0.4) is 0 Å². The summed E-state index contributed by atoms with van der Waals surface area (Å²) >= 11 is 0.371. The Morgan fingerprint density at radius 3 is 2.24 bits per heavy atom. The molecule has 1 N–H and O–H groups in total. The summed E-state index contributed by atoms with van der Waals surface area (Å²) in [4.78, 5) is 3.06. The minimum absolute atomic E-state index is 0.283. The van der Waals surface area contributed by atoms with E-state index in [1.165, 1.54) is 6.92 Å². The number of halogens is 6. The molecule has 3 nitrogen and oxygen atoms in total. The molecule has 0 bridgehead atoms. The van der Waals surface area contributed by atoms with Crippen molar-refractivity contribution < 1.29 is 26.3 Å². The first kappa shape index (κ1) is 14.0. The predicted molar refractivity (Wildman–Crippen MR) is 48.7 cm³/mol. The van der Waals surface area contributed by atoms with Gasteiger partial charge in [-0.05, 0) is 6.92 Å². The third-order valence-electron chi connectivity index (χ3n) is 1.59. The van der Waals surface area contributed by atoms with Gasteiger partial charge in [0.05, 0.1) is 6.42 Å². The summed E-state index contributed by atoms with van der Waals surface area (Å²) in [5.41, 5.74) is 0. The van der Waals surface area contributed by atoms with Crippen molar-refractivity contribution in [2.45, 2.75) is 31.7 Å². The lowest BCUT2D eigenvalue weighted by Crippen LogP contribution is -2.23. The number of hydrogen-bond acceptors (Lipinski definition) is 4. The summed E-state index contributed by atoms with van der Waals surface area (Å²) < 4.78 is 75.1. The minimum atomic E-state index is -4.69. The third-order valence-corrected chi connectivity index (χ3v) is 2.23. The van der Waals surface area contributed by atoms with Gasteiger partial charge in [-0.3, -0.25) is 0 Å². The third kappa shape index (κ3) is 4.75. The van der Waals surface area contributed by atoms with Crippen molar-refractivity contribution in [2.75, 3.05) is 5.32 Å². The first-order valence-electron chi connectivity index (χ1n) is 4.32. The van der Waals surface area contributed by atoms with Crippen LogP contribution in [0.4, 0.5) is 31.5 Å². The topological polar surface area (TPSA) is 37.8 Å². The van der Waals surface area contributed by atoms with E-state index in [0.29, 0.717) is 11.5 Å². The zero-order valence-electron chi connectivity index (χ0n) is 8.35. The van der Waals surface area contributed by atoms with E-state index in [0.717, 1.165) is 0 Å². The highest BCUT2D eigenvalue weighted by molar-refractivity contribution is 7.09. The van der Waals surface area contributed by atoms with Crippen LogP contribution in [0.5, 0.6) is 0 Å². The van der Waals surface area contributed by atoms with Gasteiger partial charge < -0.3 is 5.32 Å². The second-order valence-electron chi connectivity index (χ2n) is 3.29. The van der Waals surface area contributed by atoms with Crippen molar-refractivity contribution in [3.8, 4) is 0 Å². The molecule has 1 aromatic rings. The zero-order chi connectivity index (χ0) is 13.3. The van der Waals surface area contributed by atoms with E-state index in [2.05, 4.69) is 14.7 Å². The number of nitrogens with one attached hydrogen (secondary N) is 1. The predicted octanol–water partition coefficient (Wildman–Crippen LogP) is 3.31. The molecule has 0 aliphatic heterocycles. The second kappa shape index (κ2) is 4.67. The molecule has 1 heterocycles. The van der Waals surface area contributed by atoms with E-state index in [1.54, 1.807) is 0 Å². The lowest BCUT2D eigenvalue weighted by atomic mass is 10.2. The van der Waals surface area contributed by atoms with Crippen molar-refractivity contribution >= 4 is 16.7 Å². The average molecular weight is 279 g/mol. The molecule has 0 aliphatic rings. The standard InChI is InChI=1S/C7H7F6N3S/c1-3(2-6(8,9)10)14-5-15-4(16-17-5)7(11,12)13/h3H,2H2,1H3,(H,14,15,16). The number of hydrogen-bond donors (Lipinski definition) is 1. The normalized spacial score (nSPS) is 14.8. The molecule has 0 radical (unpaired) electrons. The van der Waals surface area contributed by atoms with Crippen LogP contribution >= 0.6 is 11.5 Å². The van der Waals surface area contributed by atoms with Gasteiger partial charge in [0.1, 0.15) is 0 Å². The fraction of sp³-hybridized carbons (Fsp3) is 0.714. The van der Waals surface area contributed by atoms with Gasteiger partial charge in [0, 0.05) is 17.6 Å². The Bertz CT molecular complexity index is 370. The molecule has 1 aromatic heterocycles. The molecular weight excluding hydrogens is 272 g/mol. The Morgan fingerprint density at radius 2 is 1.82 bits per heavy atom. The summed E-state index contributed by atoms with van der Waals surface area (Å²) in [6.45, 7) is 1.20. The Balaban J connectivity index is 2.61. The Morgan fingerprint density at radius 1 is 1.24 bits per heavy atom. The van der Waals surface area contributed by atoms with Crippen molar-refractivity contribution in [1.82, 2.24) is 9.36 Å². The molecule has 0 saturated carbocycles. The van der Waals surface area contributed by atoms with Crippen LogP contribution in [0.2, 0.25) is 0 Å². The van der Waals surface area contributed by atoms with Crippen molar-refractivity contribution in [1.29, 1.82) is 0 Å². The highest BCUT2D eigenvalue weighted by Gasteiger charge is 2.36. The zero-order valence-corrected chi connectivity index (χ0v) is 9.17. The molecule has 0 amide bonds. The molecule has 0 aliphatic carbocycles. The maximum absolute atomic E-state index is 12.1. The molecule has 0 fully saturated rings. The highest BCUT2D eigenvalue weighted by atomic mass is 32.1. The van der Waals surface area contributed by atoms with Crippen molar-refractivity contribution in [2.24, 2.45) is 0 Å². The van der Waals surface area contributed by atoms with Gasteiger partial charge in [-0.15, -0.1) is 0 Å². The molecule has 1 unspecified atom stereocenters. The highest BCUT2D eigenvalue weighted by Crippen LogP contribution is 2.30. The maximum atomic E-state index is 12.1. The molecule has 0 saturated heterocycles. The van der Waals surface area contributed by atoms with Gasteiger partial charge in [0.25, 0.3) is 0 Å². The fourth-order valence-electron chi connectivity index (χ4n) is 1.01. The lowest BCUT2D eigenvalue weighted by Gasteiger charge is -2.14. The first-order valence-corrected chi connectivity index (χ1v) is 5.09. The van der Waals surface area contributed by atoms with Gasteiger partial charge in [-0.1, -0.05) is 0 Å². The monoisotopic (exact) mass is 279 g/mol. The van der Waals surface area contributed by atoms with Gasteiger partial charge in [0.2, 0.25) is 11.0 Å². The quantitative estimate of drug-likeness (QED) is 0.863. The molecule has 17 heavy (non-hydrogen) atoms. The number of nitrogens with zero attached hydrogens (tertiary/aromatic N) is 2. The van der Waals surface area contributed by atoms with Crippen LogP contribution in [0.1, 0.15) is 19.2 Å². The van der Waals surface area contributed by atoms with E-state index in [1.807, 2.05) is 0 Å². The fourth-order valence-corrected chi connectivity index (χ4v) is 1.70. The second-order valence-corrected chi connectivity index (χ2v) is 4.04. The summed E-state index contributed by atoms with van der Waals surface area (Å²) in [5.74, 6) is -1.36. The SMILES string of the molecule is CC(CC(F)(F)F)Nc1nc(C(F)(F)F)ns1. The van der Waals surface area contributed by atoms with E-state index >= 15 is 0 Å². The molecule has 1 rings (SSSR count). The van der Waals surface area contributed by atoms with Crippen LogP contribution in [0.25, 0.3) is 0 Å². The van der Waals surface area contributed by atoms with Crippen LogP contribution in [0.15, 0.2) is 0 Å². The number of rotatable bonds is 3. The number of aromatic nitrogens is 2. The Labute approximate surface area is 96.0 Å². The Hall–Kier alpha value is -1.06. The summed E-state index contributed by atoms with van der Waals surface area (Å²) in [7, 11) is 0. The maximum Gasteiger partial charge on any atom is 0.452 e. The van der Waals surface area contributed by atoms with Crippen molar-refractivity contribution in [3.05, 3.63) is 5.82 Å². The van der Waals surface area contributed by atoms with Gasteiger partial charge in [-0.25, -0.2) is 0 Å². The van der Waals surface area contributed by atoms with E-state index in [4.69, 9.17) is 0 Å². The van der Waals surface area contributed by atoms with Gasteiger partial charge in [0.15, 0.2) is 0 Å². The van der Waals surface area contributed by atoms with Crippen LogP contribution in [-0.2, 0) is 6.18 Å². The van der Waals surface area contributed by atoms with E-state index < -0.39 is 30.6 Å².